The van der Waals surface area contributed by atoms with Crippen LogP contribution in [0.3, 0.4) is 0 Å². The van der Waals surface area contributed by atoms with E-state index in [1.807, 2.05) is 78.9 Å². The number of esters is 1. The molecule has 4 aromatic rings. The van der Waals surface area contributed by atoms with Crippen LogP contribution < -0.4 is 5.32 Å². The smallest absolute Gasteiger partial charge is 0.311 e. The van der Waals surface area contributed by atoms with Crippen molar-refractivity contribution in [2.75, 3.05) is 5.32 Å². The molecule has 4 rings (SSSR count). The van der Waals surface area contributed by atoms with E-state index in [0.29, 0.717) is 5.69 Å². The van der Waals surface area contributed by atoms with Crippen LogP contribution in [0.4, 0.5) is 5.69 Å². The van der Waals surface area contributed by atoms with Gasteiger partial charge in [-0.2, -0.15) is 0 Å². The van der Waals surface area contributed by atoms with Crippen molar-refractivity contribution < 1.29 is 14.3 Å². The van der Waals surface area contributed by atoms with E-state index in [1.165, 1.54) is 0 Å². The number of benzene rings is 3. The predicted octanol–water partition coefficient (Wildman–Crippen LogP) is 4.95. The van der Waals surface area contributed by atoms with Crippen LogP contribution in [0.2, 0.25) is 0 Å². The number of aromatic nitrogens is 1. The van der Waals surface area contributed by atoms with Gasteiger partial charge in [0.05, 0.1) is 6.42 Å². The third-order valence-corrected chi connectivity index (χ3v) is 4.96. The molecule has 0 aliphatic heterocycles. The number of para-hydroxylation sites is 2. The second-order valence-corrected chi connectivity index (χ2v) is 7.07. The molecule has 0 bridgehead atoms. The van der Waals surface area contributed by atoms with Gasteiger partial charge in [-0.1, -0.05) is 66.7 Å². The lowest BCUT2D eigenvalue weighted by atomic mass is 10.0. The molecule has 150 valence electrons. The van der Waals surface area contributed by atoms with Gasteiger partial charge < -0.3 is 15.0 Å². The van der Waals surface area contributed by atoms with Crippen LogP contribution in [-0.4, -0.2) is 23.0 Å². The van der Waals surface area contributed by atoms with Crippen LogP contribution in [0.25, 0.3) is 22.0 Å². The molecule has 0 saturated heterocycles. The first-order valence-electron chi connectivity index (χ1n) is 9.81. The van der Waals surface area contributed by atoms with Gasteiger partial charge in [-0.3, -0.25) is 9.59 Å². The first-order valence-corrected chi connectivity index (χ1v) is 9.81. The summed E-state index contributed by atoms with van der Waals surface area (Å²) in [6.45, 7) is 1.58. The van der Waals surface area contributed by atoms with Gasteiger partial charge in [-0.15, -0.1) is 0 Å². The molecular weight excluding hydrogens is 376 g/mol. The summed E-state index contributed by atoms with van der Waals surface area (Å²) in [5.41, 5.74) is 4.38. The lowest BCUT2D eigenvalue weighted by Gasteiger charge is -2.16. The van der Waals surface area contributed by atoms with Gasteiger partial charge in [-0.25, -0.2) is 0 Å². The predicted molar refractivity (Wildman–Crippen MR) is 118 cm³/mol. The third-order valence-electron chi connectivity index (χ3n) is 4.96. The first-order chi connectivity index (χ1) is 14.6. The van der Waals surface area contributed by atoms with Crippen LogP contribution in [0.1, 0.15) is 12.5 Å². The zero-order valence-corrected chi connectivity index (χ0v) is 16.6. The zero-order valence-electron chi connectivity index (χ0n) is 16.6. The van der Waals surface area contributed by atoms with Crippen molar-refractivity contribution in [3.63, 3.8) is 0 Å². The summed E-state index contributed by atoms with van der Waals surface area (Å²) in [6, 6.07) is 25.1. The summed E-state index contributed by atoms with van der Waals surface area (Å²) in [5.74, 6) is -0.815. The molecule has 1 unspecified atom stereocenters. The highest BCUT2D eigenvalue weighted by Crippen LogP contribution is 2.27. The Labute approximate surface area is 174 Å². The summed E-state index contributed by atoms with van der Waals surface area (Å²) in [6.07, 6.45) is 0.987. The number of carbonyl (C=O) groups is 2. The first kappa shape index (κ1) is 19.5. The molecule has 0 aliphatic carbocycles. The van der Waals surface area contributed by atoms with Crippen molar-refractivity contribution in [3.05, 3.63) is 90.6 Å². The molecule has 0 saturated carbocycles. The largest absolute Gasteiger partial charge is 0.452 e. The van der Waals surface area contributed by atoms with E-state index >= 15 is 0 Å². The molecule has 30 heavy (non-hydrogen) atoms. The molecule has 1 aromatic heterocycles. The highest BCUT2D eigenvalue weighted by Gasteiger charge is 2.20. The summed E-state index contributed by atoms with van der Waals surface area (Å²) in [4.78, 5) is 28.2. The van der Waals surface area contributed by atoms with E-state index in [2.05, 4.69) is 10.3 Å². The van der Waals surface area contributed by atoms with Crippen molar-refractivity contribution in [2.24, 2.45) is 0 Å². The topological polar surface area (TPSA) is 71.2 Å². The number of carbonyl (C=O) groups excluding carboxylic acids is 2. The fourth-order valence-corrected chi connectivity index (χ4v) is 3.42. The van der Waals surface area contributed by atoms with Crippen LogP contribution in [-0.2, 0) is 20.7 Å². The number of fused-ring (bicyclic) bond motifs is 1. The molecule has 2 N–H and O–H groups in total. The van der Waals surface area contributed by atoms with E-state index in [-0.39, 0.29) is 12.3 Å². The van der Waals surface area contributed by atoms with Gasteiger partial charge in [0, 0.05) is 28.4 Å². The van der Waals surface area contributed by atoms with Crippen LogP contribution in [0.15, 0.2) is 85.1 Å². The Bertz CT molecular complexity index is 1180. The molecule has 0 aliphatic rings. The fourth-order valence-electron chi connectivity index (χ4n) is 3.42. The molecule has 0 radical (unpaired) electrons. The van der Waals surface area contributed by atoms with Crippen molar-refractivity contribution in [1.29, 1.82) is 0 Å². The highest BCUT2D eigenvalue weighted by molar-refractivity contribution is 5.99. The summed E-state index contributed by atoms with van der Waals surface area (Å²) < 4.78 is 5.39. The van der Waals surface area contributed by atoms with Gasteiger partial charge in [0.1, 0.15) is 0 Å². The van der Waals surface area contributed by atoms with E-state index < -0.39 is 12.1 Å². The normalized spacial score (nSPS) is 11.8. The number of anilines is 1. The van der Waals surface area contributed by atoms with Gasteiger partial charge in [0.2, 0.25) is 0 Å². The second-order valence-electron chi connectivity index (χ2n) is 7.07. The van der Waals surface area contributed by atoms with Crippen LogP contribution in [0.5, 0.6) is 0 Å². The Morgan fingerprint density at radius 3 is 2.47 bits per heavy atom. The second kappa shape index (κ2) is 8.66. The Morgan fingerprint density at radius 1 is 0.933 bits per heavy atom. The molecular formula is C25H22N2O3. The summed E-state index contributed by atoms with van der Waals surface area (Å²) in [5, 5.41) is 3.86. The number of hydrogen-bond acceptors (Lipinski definition) is 3. The summed E-state index contributed by atoms with van der Waals surface area (Å²) >= 11 is 0. The third kappa shape index (κ3) is 4.25. The SMILES string of the molecule is CC(OC(=O)Cc1c[nH]c2ccccc12)C(=O)Nc1ccccc1-c1ccccc1. The molecule has 0 fully saturated rings. The van der Waals surface area contributed by atoms with Gasteiger partial charge in [0.25, 0.3) is 5.91 Å². The fraction of sp³-hybridized carbons (Fsp3) is 0.120. The van der Waals surface area contributed by atoms with Crippen molar-refractivity contribution in [1.82, 2.24) is 4.98 Å². The van der Waals surface area contributed by atoms with E-state index in [4.69, 9.17) is 4.74 Å². The number of ether oxygens (including phenoxy) is 1. The quantitative estimate of drug-likeness (QED) is 0.452. The number of rotatable bonds is 6. The van der Waals surface area contributed by atoms with E-state index in [1.54, 1.807) is 13.1 Å². The number of aromatic amines is 1. The molecule has 1 atom stereocenters. The number of hydrogen-bond donors (Lipinski definition) is 2. The Balaban J connectivity index is 1.42. The molecule has 5 heteroatoms. The number of H-pyrrole nitrogens is 1. The maximum Gasteiger partial charge on any atom is 0.311 e. The number of amides is 1. The van der Waals surface area contributed by atoms with E-state index in [0.717, 1.165) is 27.6 Å². The minimum Gasteiger partial charge on any atom is -0.452 e. The molecule has 3 aromatic carbocycles. The van der Waals surface area contributed by atoms with Gasteiger partial charge in [0.15, 0.2) is 6.10 Å². The van der Waals surface area contributed by atoms with Crippen LogP contribution in [0, 0.1) is 0 Å². The van der Waals surface area contributed by atoms with Crippen LogP contribution >= 0.6 is 0 Å². The monoisotopic (exact) mass is 398 g/mol. The molecule has 0 spiro atoms. The van der Waals surface area contributed by atoms with Crippen molar-refractivity contribution in [2.45, 2.75) is 19.4 Å². The van der Waals surface area contributed by atoms with Crippen molar-refractivity contribution >= 4 is 28.5 Å². The number of nitrogens with one attached hydrogen (secondary N) is 2. The Morgan fingerprint density at radius 2 is 1.63 bits per heavy atom. The average molecular weight is 398 g/mol. The lowest BCUT2D eigenvalue weighted by Crippen LogP contribution is -2.30. The summed E-state index contributed by atoms with van der Waals surface area (Å²) in [7, 11) is 0. The van der Waals surface area contributed by atoms with Gasteiger partial charge in [-0.05, 0) is 30.2 Å². The Hall–Kier alpha value is -3.86. The Kier molecular flexibility index (Phi) is 5.61. The minimum atomic E-state index is -0.911. The standard InChI is InChI=1S/C25H22N2O3/c1-17(30-24(28)15-19-16-26-22-13-7-5-12-21(19)22)25(29)27-23-14-8-6-11-20(23)18-9-3-2-4-10-18/h2-14,16-17,26H,15H2,1H3,(H,27,29). The minimum absolute atomic E-state index is 0.0994. The van der Waals surface area contributed by atoms with E-state index in [9.17, 15) is 9.59 Å². The molecule has 1 heterocycles. The average Bonchev–Trinajstić information content (AvgIpc) is 3.17. The molecule has 1 amide bonds. The maximum atomic E-state index is 12.7. The van der Waals surface area contributed by atoms with Gasteiger partial charge >= 0.3 is 5.97 Å². The maximum absolute atomic E-state index is 12.7. The highest BCUT2D eigenvalue weighted by atomic mass is 16.5. The molecule has 5 nitrogen and oxygen atoms in total. The lowest BCUT2D eigenvalue weighted by molar-refractivity contribution is -0.152. The van der Waals surface area contributed by atoms with Crippen molar-refractivity contribution in [3.8, 4) is 11.1 Å². The zero-order chi connectivity index (χ0) is 20.9.